The number of nitrogens with one attached hydrogen (secondary N) is 1. The number of carboxylic acids is 1. The number of nitrogens with zero attached hydrogens (tertiary/aromatic N) is 2. The first kappa shape index (κ1) is 16.0. The summed E-state index contributed by atoms with van der Waals surface area (Å²) >= 11 is 0. The number of benzene rings is 1. The van der Waals surface area contributed by atoms with Gasteiger partial charge in [0.05, 0.1) is 0 Å². The lowest BCUT2D eigenvalue weighted by Gasteiger charge is -2.12. The SMILES string of the molecule is CCc1nc(COc2ccc(C(=O)NC3(C(=O)O)CC3)cc2)no1. The maximum Gasteiger partial charge on any atom is 0.329 e. The average molecular weight is 331 g/mol. The summed E-state index contributed by atoms with van der Waals surface area (Å²) in [5, 5.41) is 15.4. The summed E-state index contributed by atoms with van der Waals surface area (Å²) in [4.78, 5) is 27.3. The molecule has 1 saturated carbocycles. The van der Waals surface area contributed by atoms with Crippen molar-refractivity contribution in [3.05, 3.63) is 41.5 Å². The monoisotopic (exact) mass is 331 g/mol. The fraction of sp³-hybridized carbons (Fsp3) is 0.375. The second kappa shape index (κ2) is 6.31. The van der Waals surface area contributed by atoms with Crippen LogP contribution in [-0.2, 0) is 17.8 Å². The fourth-order valence-electron chi connectivity index (χ4n) is 2.15. The highest BCUT2D eigenvalue weighted by atomic mass is 16.5. The number of hydrogen-bond acceptors (Lipinski definition) is 6. The van der Waals surface area contributed by atoms with Crippen LogP contribution in [0.3, 0.4) is 0 Å². The highest BCUT2D eigenvalue weighted by Crippen LogP contribution is 2.35. The van der Waals surface area contributed by atoms with Crippen LogP contribution in [0.15, 0.2) is 28.8 Å². The van der Waals surface area contributed by atoms with Gasteiger partial charge in [0, 0.05) is 12.0 Å². The third-order valence-electron chi connectivity index (χ3n) is 3.81. The molecular weight excluding hydrogens is 314 g/mol. The van der Waals surface area contributed by atoms with Crippen LogP contribution < -0.4 is 10.1 Å². The van der Waals surface area contributed by atoms with Crippen LogP contribution >= 0.6 is 0 Å². The molecule has 2 N–H and O–H groups in total. The zero-order valence-electron chi connectivity index (χ0n) is 13.1. The molecule has 0 bridgehead atoms. The Morgan fingerprint density at radius 2 is 2.04 bits per heavy atom. The first-order chi connectivity index (χ1) is 11.5. The summed E-state index contributed by atoms with van der Waals surface area (Å²) < 4.78 is 10.5. The number of ether oxygens (including phenoxy) is 1. The Kier molecular flexibility index (Phi) is 4.20. The van der Waals surface area contributed by atoms with E-state index in [-0.39, 0.29) is 6.61 Å². The lowest BCUT2D eigenvalue weighted by Crippen LogP contribution is -2.43. The molecule has 8 nitrogen and oxygen atoms in total. The summed E-state index contributed by atoms with van der Waals surface area (Å²) in [6.45, 7) is 2.08. The van der Waals surface area contributed by atoms with Crippen molar-refractivity contribution in [2.24, 2.45) is 0 Å². The van der Waals surface area contributed by atoms with E-state index >= 15 is 0 Å². The van der Waals surface area contributed by atoms with Gasteiger partial charge in [0.15, 0.2) is 6.61 Å². The van der Waals surface area contributed by atoms with Gasteiger partial charge in [0.25, 0.3) is 5.91 Å². The van der Waals surface area contributed by atoms with E-state index in [0.717, 1.165) is 0 Å². The number of carbonyl (C=O) groups excluding carboxylic acids is 1. The normalized spacial score (nSPS) is 14.9. The number of carboxylic acid groups (broad SMARTS) is 1. The smallest absolute Gasteiger partial charge is 0.329 e. The Balaban J connectivity index is 1.57. The van der Waals surface area contributed by atoms with Crippen LogP contribution in [0, 0.1) is 0 Å². The van der Waals surface area contributed by atoms with Gasteiger partial charge in [-0.2, -0.15) is 4.98 Å². The fourth-order valence-corrected chi connectivity index (χ4v) is 2.15. The van der Waals surface area contributed by atoms with E-state index in [1.807, 2.05) is 6.92 Å². The lowest BCUT2D eigenvalue weighted by molar-refractivity contribution is -0.140. The molecule has 1 aromatic carbocycles. The molecule has 0 atom stereocenters. The van der Waals surface area contributed by atoms with Crippen molar-refractivity contribution in [3.8, 4) is 5.75 Å². The van der Waals surface area contributed by atoms with E-state index in [4.69, 9.17) is 14.4 Å². The molecular formula is C16H17N3O5. The van der Waals surface area contributed by atoms with Crippen LogP contribution in [0.25, 0.3) is 0 Å². The van der Waals surface area contributed by atoms with E-state index in [2.05, 4.69) is 15.5 Å². The van der Waals surface area contributed by atoms with E-state index in [1.165, 1.54) is 0 Å². The molecule has 2 aromatic rings. The van der Waals surface area contributed by atoms with Crippen LogP contribution in [0.2, 0.25) is 0 Å². The van der Waals surface area contributed by atoms with Crippen molar-refractivity contribution in [2.45, 2.75) is 38.3 Å². The summed E-state index contributed by atoms with van der Waals surface area (Å²) in [7, 11) is 0. The second-order valence-corrected chi connectivity index (χ2v) is 5.61. The number of carbonyl (C=O) groups is 2. The topological polar surface area (TPSA) is 115 Å². The molecule has 0 radical (unpaired) electrons. The van der Waals surface area contributed by atoms with Crippen molar-refractivity contribution in [2.75, 3.05) is 0 Å². The number of aryl methyl sites for hydroxylation is 1. The molecule has 1 aromatic heterocycles. The van der Waals surface area contributed by atoms with Crippen LogP contribution in [0.1, 0.15) is 41.8 Å². The van der Waals surface area contributed by atoms with Gasteiger partial charge in [-0.15, -0.1) is 0 Å². The molecule has 0 saturated heterocycles. The summed E-state index contributed by atoms with van der Waals surface area (Å²) in [6, 6.07) is 6.43. The molecule has 0 unspecified atom stereocenters. The van der Waals surface area contributed by atoms with Crippen molar-refractivity contribution in [1.82, 2.24) is 15.5 Å². The van der Waals surface area contributed by atoms with Gasteiger partial charge < -0.3 is 19.7 Å². The lowest BCUT2D eigenvalue weighted by atomic mass is 10.1. The Hall–Kier alpha value is -2.90. The molecule has 1 amide bonds. The summed E-state index contributed by atoms with van der Waals surface area (Å²) in [5.41, 5.74) is -0.718. The molecule has 0 spiro atoms. The van der Waals surface area contributed by atoms with Crippen LogP contribution in [0.5, 0.6) is 5.75 Å². The number of aliphatic carboxylic acids is 1. The van der Waals surface area contributed by atoms with E-state index in [1.54, 1.807) is 24.3 Å². The summed E-state index contributed by atoms with van der Waals surface area (Å²) in [5.74, 6) is 0.141. The Labute approximate surface area is 137 Å². The molecule has 3 rings (SSSR count). The molecule has 126 valence electrons. The van der Waals surface area contributed by atoms with Gasteiger partial charge in [-0.1, -0.05) is 12.1 Å². The number of amides is 1. The standard InChI is InChI=1S/C16H17N3O5/c1-2-13-17-12(19-24-13)9-23-11-5-3-10(4-6-11)14(20)18-16(7-8-16)15(21)22/h3-6H,2,7-9H2,1H3,(H,18,20)(H,21,22). The molecule has 0 aliphatic heterocycles. The Morgan fingerprint density at radius 3 is 2.58 bits per heavy atom. The summed E-state index contributed by atoms with van der Waals surface area (Å²) in [6.07, 6.45) is 1.58. The van der Waals surface area contributed by atoms with E-state index in [9.17, 15) is 9.59 Å². The van der Waals surface area contributed by atoms with Crippen molar-refractivity contribution < 1.29 is 24.0 Å². The molecule has 1 aliphatic carbocycles. The third-order valence-corrected chi connectivity index (χ3v) is 3.81. The predicted molar refractivity (Wildman–Crippen MR) is 81.5 cm³/mol. The van der Waals surface area contributed by atoms with E-state index in [0.29, 0.717) is 42.3 Å². The second-order valence-electron chi connectivity index (χ2n) is 5.61. The number of rotatable bonds is 7. The molecule has 8 heteroatoms. The maximum absolute atomic E-state index is 12.1. The molecule has 1 heterocycles. The number of hydrogen-bond donors (Lipinski definition) is 2. The highest BCUT2D eigenvalue weighted by molar-refractivity contribution is 5.99. The van der Waals surface area contributed by atoms with Gasteiger partial charge in [-0.05, 0) is 37.1 Å². The van der Waals surface area contributed by atoms with Gasteiger partial charge >= 0.3 is 5.97 Å². The van der Waals surface area contributed by atoms with Gasteiger partial charge in [0.2, 0.25) is 11.7 Å². The van der Waals surface area contributed by atoms with Gasteiger partial charge in [-0.25, -0.2) is 4.79 Å². The van der Waals surface area contributed by atoms with Crippen molar-refractivity contribution in [1.29, 1.82) is 0 Å². The first-order valence-corrected chi connectivity index (χ1v) is 7.62. The minimum absolute atomic E-state index is 0.164. The minimum Gasteiger partial charge on any atom is -0.485 e. The first-order valence-electron chi connectivity index (χ1n) is 7.62. The van der Waals surface area contributed by atoms with Crippen LogP contribution in [-0.4, -0.2) is 32.7 Å². The Bertz CT molecular complexity index is 749. The maximum atomic E-state index is 12.1. The average Bonchev–Trinajstić information content (AvgIpc) is 3.22. The van der Waals surface area contributed by atoms with Gasteiger partial charge in [0.1, 0.15) is 11.3 Å². The zero-order chi connectivity index (χ0) is 17.2. The molecule has 1 fully saturated rings. The quantitative estimate of drug-likeness (QED) is 0.791. The molecule has 24 heavy (non-hydrogen) atoms. The van der Waals surface area contributed by atoms with Crippen molar-refractivity contribution in [3.63, 3.8) is 0 Å². The minimum atomic E-state index is -1.10. The zero-order valence-corrected chi connectivity index (χ0v) is 13.1. The molecule has 1 aliphatic rings. The highest BCUT2D eigenvalue weighted by Gasteiger charge is 2.51. The Morgan fingerprint density at radius 1 is 1.33 bits per heavy atom. The van der Waals surface area contributed by atoms with Gasteiger partial charge in [-0.3, -0.25) is 4.79 Å². The van der Waals surface area contributed by atoms with E-state index < -0.39 is 17.4 Å². The third kappa shape index (κ3) is 3.37. The number of aromatic nitrogens is 2. The van der Waals surface area contributed by atoms with Crippen LogP contribution in [0.4, 0.5) is 0 Å². The predicted octanol–water partition coefficient (Wildman–Crippen LogP) is 1.56. The van der Waals surface area contributed by atoms with Crippen molar-refractivity contribution >= 4 is 11.9 Å². The largest absolute Gasteiger partial charge is 0.485 e.